The highest BCUT2D eigenvalue weighted by Crippen LogP contribution is 2.27. The summed E-state index contributed by atoms with van der Waals surface area (Å²) in [6, 6.07) is 0. The minimum absolute atomic E-state index is 0.175. The number of nitrogen functional groups attached to an aromatic ring is 1. The van der Waals surface area contributed by atoms with Crippen LogP contribution in [0.3, 0.4) is 0 Å². The van der Waals surface area contributed by atoms with E-state index in [0.717, 1.165) is 18.9 Å². The van der Waals surface area contributed by atoms with Crippen molar-refractivity contribution in [3.8, 4) is 0 Å². The highest BCUT2D eigenvalue weighted by Gasteiger charge is 2.12. The van der Waals surface area contributed by atoms with Crippen molar-refractivity contribution in [2.75, 3.05) is 30.3 Å². The maximum absolute atomic E-state index is 8.79. The number of hydrogen-bond acceptors (Lipinski definition) is 5. The van der Waals surface area contributed by atoms with Crippen LogP contribution in [0.25, 0.3) is 0 Å². The van der Waals surface area contributed by atoms with Crippen LogP contribution in [0.4, 0.5) is 11.6 Å². The van der Waals surface area contributed by atoms with Crippen molar-refractivity contribution in [1.29, 1.82) is 0 Å². The van der Waals surface area contributed by atoms with E-state index in [9.17, 15) is 0 Å². The topological polar surface area (TPSA) is 75.3 Å². The lowest BCUT2D eigenvalue weighted by Crippen LogP contribution is -2.26. The second kappa shape index (κ2) is 5.87. The van der Waals surface area contributed by atoms with Crippen molar-refractivity contribution < 1.29 is 5.11 Å². The molecule has 0 bridgehead atoms. The summed E-state index contributed by atoms with van der Waals surface area (Å²) in [7, 11) is 0. The van der Waals surface area contributed by atoms with Crippen LogP contribution in [0.5, 0.6) is 0 Å². The molecular formula is C9H15BrN4O. The Bertz CT molecular complexity index is 321. The van der Waals surface area contributed by atoms with E-state index in [4.69, 9.17) is 10.8 Å². The van der Waals surface area contributed by atoms with Gasteiger partial charge in [-0.1, -0.05) is 0 Å². The van der Waals surface area contributed by atoms with Gasteiger partial charge in [-0.3, -0.25) is 0 Å². The molecule has 0 unspecified atom stereocenters. The van der Waals surface area contributed by atoms with Crippen molar-refractivity contribution in [3.05, 3.63) is 10.8 Å². The van der Waals surface area contributed by atoms with Gasteiger partial charge in [0.1, 0.15) is 22.4 Å². The minimum Gasteiger partial charge on any atom is -0.396 e. The minimum atomic E-state index is 0.175. The molecule has 0 aliphatic carbocycles. The van der Waals surface area contributed by atoms with Crippen LogP contribution in [0.2, 0.25) is 0 Å². The zero-order chi connectivity index (χ0) is 11.3. The SMILES string of the molecule is CCN(CCCO)c1ncnc(N)c1Br. The highest BCUT2D eigenvalue weighted by molar-refractivity contribution is 9.10. The Labute approximate surface area is 97.5 Å². The molecule has 0 saturated heterocycles. The van der Waals surface area contributed by atoms with E-state index in [-0.39, 0.29) is 6.61 Å². The van der Waals surface area contributed by atoms with Crippen LogP contribution in [0.1, 0.15) is 13.3 Å². The fraction of sp³-hybridized carbons (Fsp3) is 0.556. The number of anilines is 2. The lowest BCUT2D eigenvalue weighted by molar-refractivity contribution is 0.289. The Hall–Kier alpha value is -0.880. The number of hydrogen-bond donors (Lipinski definition) is 2. The normalized spacial score (nSPS) is 10.3. The van der Waals surface area contributed by atoms with E-state index in [1.807, 2.05) is 11.8 Å². The smallest absolute Gasteiger partial charge is 0.148 e. The van der Waals surface area contributed by atoms with E-state index < -0.39 is 0 Å². The molecule has 0 aromatic carbocycles. The predicted octanol–water partition coefficient (Wildman–Crippen LogP) is 1.03. The quantitative estimate of drug-likeness (QED) is 0.839. The average molecular weight is 275 g/mol. The predicted molar refractivity (Wildman–Crippen MR) is 63.7 cm³/mol. The van der Waals surface area contributed by atoms with Crippen LogP contribution >= 0.6 is 15.9 Å². The molecular weight excluding hydrogens is 260 g/mol. The number of aliphatic hydroxyl groups is 1. The van der Waals surface area contributed by atoms with Gasteiger partial charge in [-0.25, -0.2) is 9.97 Å². The molecule has 6 heteroatoms. The molecule has 0 spiro atoms. The number of nitrogens with zero attached hydrogens (tertiary/aromatic N) is 3. The Morgan fingerprint density at radius 1 is 1.53 bits per heavy atom. The summed E-state index contributed by atoms with van der Waals surface area (Å²) >= 11 is 3.36. The highest BCUT2D eigenvalue weighted by atomic mass is 79.9. The monoisotopic (exact) mass is 274 g/mol. The van der Waals surface area contributed by atoms with E-state index in [1.165, 1.54) is 6.33 Å². The first-order valence-corrected chi connectivity index (χ1v) is 5.61. The molecule has 1 aromatic heterocycles. The summed E-state index contributed by atoms with van der Waals surface area (Å²) in [6.45, 7) is 3.77. The lowest BCUT2D eigenvalue weighted by atomic mass is 10.3. The standard InChI is InChI=1S/C9H15BrN4O/c1-2-14(4-3-5-15)9-7(10)8(11)12-6-13-9/h6,15H,2-5H2,1H3,(H2,11,12,13). The first-order chi connectivity index (χ1) is 7.20. The molecule has 0 atom stereocenters. The van der Waals surface area contributed by atoms with Crippen molar-refractivity contribution in [2.45, 2.75) is 13.3 Å². The van der Waals surface area contributed by atoms with E-state index >= 15 is 0 Å². The molecule has 5 nitrogen and oxygen atoms in total. The van der Waals surface area contributed by atoms with Gasteiger partial charge in [0.05, 0.1) is 0 Å². The van der Waals surface area contributed by atoms with Gasteiger partial charge in [0.15, 0.2) is 0 Å². The molecule has 1 rings (SSSR count). The van der Waals surface area contributed by atoms with Crippen LogP contribution in [-0.2, 0) is 0 Å². The largest absolute Gasteiger partial charge is 0.396 e. The van der Waals surface area contributed by atoms with Crippen LogP contribution in [-0.4, -0.2) is 34.8 Å². The van der Waals surface area contributed by atoms with Gasteiger partial charge < -0.3 is 15.7 Å². The number of nitrogens with two attached hydrogens (primary N) is 1. The second-order valence-electron chi connectivity index (χ2n) is 3.05. The molecule has 1 aromatic rings. The van der Waals surface area contributed by atoms with Gasteiger partial charge in [-0.05, 0) is 29.3 Å². The van der Waals surface area contributed by atoms with E-state index in [0.29, 0.717) is 16.7 Å². The molecule has 0 aliphatic rings. The Morgan fingerprint density at radius 2 is 2.27 bits per heavy atom. The van der Waals surface area contributed by atoms with Gasteiger partial charge >= 0.3 is 0 Å². The number of aliphatic hydroxyl groups excluding tert-OH is 1. The first-order valence-electron chi connectivity index (χ1n) is 4.82. The molecule has 0 amide bonds. The van der Waals surface area contributed by atoms with E-state index in [1.54, 1.807) is 0 Å². The zero-order valence-electron chi connectivity index (χ0n) is 8.65. The van der Waals surface area contributed by atoms with Crippen molar-refractivity contribution in [2.24, 2.45) is 0 Å². The molecule has 15 heavy (non-hydrogen) atoms. The summed E-state index contributed by atoms with van der Waals surface area (Å²) < 4.78 is 0.713. The fourth-order valence-electron chi connectivity index (χ4n) is 1.27. The lowest BCUT2D eigenvalue weighted by Gasteiger charge is -2.22. The van der Waals surface area contributed by atoms with E-state index in [2.05, 4.69) is 25.9 Å². The van der Waals surface area contributed by atoms with Gasteiger partial charge in [0.25, 0.3) is 0 Å². The van der Waals surface area contributed by atoms with Gasteiger partial charge in [0.2, 0.25) is 0 Å². The van der Waals surface area contributed by atoms with Crippen LogP contribution in [0.15, 0.2) is 10.8 Å². The maximum Gasteiger partial charge on any atom is 0.148 e. The third-order valence-electron chi connectivity index (χ3n) is 2.07. The number of aromatic nitrogens is 2. The summed E-state index contributed by atoms with van der Waals surface area (Å²) in [5, 5.41) is 8.79. The summed E-state index contributed by atoms with van der Waals surface area (Å²) in [5.41, 5.74) is 5.67. The van der Waals surface area contributed by atoms with Gasteiger partial charge in [-0.2, -0.15) is 0 Å². The zero-order valence-corrected chi connectivity index (χ0v) is 10.2. The van der Waals surface area contributed by atoms with Gasteiger partial charge in [-0.15, -0.1) is 0 Å². The third kappa shape index (κ3) is 3.04. The van der Waals surface area contributed by atoms with Crippen molar-refractivity contribution in [1.82, 2.24) is 9.97 Å². The third-order valence-corrected chi connectivity index (χ3v) is 2.83. The van der Waals surface area contributed by atoms with Crippen LogP contribution < -0.4 is 10.6 Å². The molecule has 0 saturated carbocycles. The molecule has 1 heterocycles. The van der Waals surface area contributed by atoms with Crippen molar-refractivity contribution >= 4 is 27.6 Å². The molecule has 3 N–H and O–H groups in total. The molecule has 84 valence electrons. The maximum atomic E-state index is 8.79. The van der Waals surface area contributed by atoms with Crippen molar-refractivity contribution in [3.63, 3.8) is 0 Å². The Kier molecular flexibility index (Phi) is 4.77. The fourth-order valence-corrected chi connectivity index (χ4v) is 1.72. The number of halogens is 1. The molecule has 0 aliphatic heterocycles. The second-order valence-corrected chi connectivity index (χ2v) is 3.85. The summed E-state index contributed by atoms with van der Waals surface area (Å²) in [5.74, 6) is 1.21. The summed E-state index contributed by atoms with van der Waals surface area (Å²) in [4.78, 5) is 10.1. The summed E-state index contributed by atoms with van der Waals surface area (Å²) in [6.07, 6.45) is 2.15. The van der Waals surface area contributed by atoms with Gasteiger partial charge in [0, 0.05) is 19.7 Å². The average Bonchev–Trinajstić information content (AvgIpc) is 2.25. The Morgan fingerprint density at radius 3 is 2.87 bits per heavy atom. The molecule has 0 fully saturated rings. The van der Waals surface area contributed by atoms with Crippen LogP contribution in [0, 0.1) is 0 Å². The molecule has 0 radical (unpaired) electrons. The number of rotatable bonds is 5. The Balaban J connectivity index is 2.86. The first kappa shape index (κ1) is 12.2.